The van der Waals surface area contributed by atoms with E-state index in [1.165, 1.54) is 11.6 Å². The van der Waals surface area contributed by atoms with E-state index in [9.17, 15) is 13.4 Å². The highest BCUT2D eigenvalue weighted by molar-refractivity contribution is 7.85. The lowest BCUT2D eigenvalue weighted by Crippen LogP contribution is -2.05. The molecule has 0 saturated heterocycles. The number of carboxylic acid groups (broad SMARTS) is 1. The molecular formula is C16H15FO3S. The van der Waals surface area contributed by atoms with Crippen molar-refractivity contribution in [3.8, 4) is 0 Å². The Balaban J connectivity index is 1.97. The molecule has 0 aliphatic rings. The van der Waals surface area contributed by atoms with Gasteiger partial charge in [0.1, 0.15) is 5.82 Å². The van der Waals surface area contributed by atoms with Crippen molar-refractivity contribution < 1.29 is 18.5 Å². The van der Waals surface area contributed by atoms with E-state index in [2.05, 4.69) is 0 Å². The second-order valence-corrected chi connectivity index (χ2v) is 6.16. The number of halogens is 1. The molecule has 110 valence electrons. The largest absolute Gasteiger partial charge is 0.478 e. The fourth-order valence-electron chi connectivity index (χ4n) is 1.98. The Kier molecular flexibility index (Phi) is 5.22. The van der Waals surface area contributed by atoms with Crippen molar-refractivity contribution in [3.63, 3.8) is 0 Å². The number of aryl methyl sites for hydroxylation is 1. The van der Waals surface area contributed by atoms with Gasteiger partial charge in [0.2, 0.25) is 0 Å². The first kappa shape index (κ1) is 15.4. The summed E-state index contributed by atoms with van der Waals surface area (Å²) in [6.07, 6.45) is 1.52. The molecular weight excluding hydrogens is 291 g/mol. The topological polar surface area (TPSA) is 54.4 Å². The van der Waals surface area contributed by atoms with Gasteiger partial charge in [0.05, 0.1) is 16.4 Å². The molecule has 0 aliphatic carbocycles. The van der Waals surface area contributed by atoms with Crippen molar-refractivity contribution in [3.05, 3.63) is 65.5 Å². The molecule has 2 aromatic rings. The SMILES string of the molecule is O=C(O)c1cc(S(=O)CCCc2ccccc2)ccc1F. The van der Waals surface area contributed by atoms with Crippen molar-refractivity contribution in [1.82, 2.24) is 0 Å². The average Bonchev–Trinajstić information content (AvgIpc) is 2.48. The van der Waals surface area contributed by atoms with E-state index in [1.807, 2.05) is 30.3 Å². The number of benzene rings is 2. The monoisotopic (exact) mass is 306 g/mol. The molecule has 2 aromatic carbocycles. The summed E-state index contributed by atoms with van der Waals surface area (Å²) in [4.78, 5) is 11.2. The molecule has 0 spiro atoms. The lowest BCUT2D eigenvalue weighted by Gasteiger charge is -2.05. The summed E-state index contributed by atoms with van der Waals surface area (Å²) in [5.74, 6) is -1.75. The average molecular weight is 306 g/mol. The van der Waals surface area contributed by atoms with Gasteiger partial charge in [-0.1, -0.05) is 30.3 Å². The standard InChI is InChI=1S/C16H15FO3S/c17-15-9-8-13(11-14(15)16(18)19)21(20)10-4-7-12-5-2-1-3-6-12/h1-3,5-6,8-9,11H,4,7,10H2,(H,18,19). The van der Waals surface area contributed by atoms with E-state index in [0.717, 1.165) is 25.0 Å². The molecule has 2 rings (SSSR count). The summed E-state index contributed by atoms with van der Waals surface area (Å²) in [7, 11) is -1.32. The number of carbonyl (C=O) groups is 1. The Morgan fingerprint density at radius 1 is 1.14 bits per heavy atom. The minimum Gasteiger partial charge on any atom is -0.478 e. The molecule has 0 bridgehead atoms. The summed E-state index contributed by atoms with van der Waals surface area (Å²) in [6, 6.07) is 13.4. The summed E-state index contributed by atoms with van der Waals surface area (Å²) >= 11 is 0. The van der Waals surface area contributed by atoms with Gasteiger partial charge < -0.3 is 5.11 Å². The molecule has 0 aromatic heterocycles. The number of carboxylic acids is 1. The zero-order chi connectivity index (χ0) is 15.2. The van der Waals surface area contributed by atoms with Gasteiger partial charge in [-0.05, 0) is 36.6 Å². The van der Waals surface area contributed by atoms with Crippen LogP contribution < -0.4 is 0 Å². The van der Waals surface area contributed by atoms with E-state index in [-0.39, 0.29) is 0 Å². The van der Waals surface area contributed by atoms with Gasteiger partial charge in [-0.2, -0.15) is 0 Å². The van der Waals surface area contributed by atoms with Crippen LogP contribution in [0.25, 0.3) is 0 Å². The summed E-state index contributed by atoms with van der Waals surface area (Å²) < 4.78 is 25.4. The van der Waals surface area contributed by atoms with Crippen LogP contribution in [0, 0.1) is 5.82 Å². The Morgan fingerprint density at radius 2 is 1.86 bits per heavy atom. The Hall–Kier alpha value is -2.01. The summed E-state index contributed by atoms with van der Waals surface area (Å²) in [5, 5.41) is 8.86. The number of hydrogen-bond donors (Lipinski definition) is 1. The van der Waals surface area contributed by atoms with E-state index < -0.39 is 28.1 Å². The van der Waals surface area contributed by atoms with Crippen LogP contribution in [-0.4, -0.2) is 21.0 Å². The highest BCUT2D eigenvalue weighted by Gasteiger charge is 2.13. The number of rotatable bonds is 6. The second-order valence-electron chi connectivity index (χ2n) is 4.59. The molecule has 3 nitrogen and oxygen atoms in total. The molecule has 0 heterocycles. The van der Waals surface area contributed by atoms with Crippen LogP contribution >= 0.6 is 0 Å². The maximum absolute atomic E-state index is 13.3. The van der Waals surface area contributed by atoms with Gasteiger partial charge in [0.25, 0.3) is 0 Å². The molecule has 1 unspecified atom stereocenters. The second kappa shape index (κ2) is 7.13. The highest BCUT2D eigenvalue weighted by atomic mass is 32.2. The van der Waals surface area contributed by atoms with Crippen LogP contribution in [0.4, 0.5) is 4.39 Å². The van der Waals surface area contributed by atoms with E-state index >= 15 is 0 Å². The third-order valence-corrected chi connectivity index (χ3v) is 4.51. The van der Waals surface area contributed by atoms with Crippen LogP contribution in [0.15, 0.2) is 53.4 Å². The molecule has 0 fully saturated rings. The zero-order valence-corrected chi connectivity index (χ0v) is 12.1. The fraction of sp³-hybridized carbons (Fsp3) is 0.188. The van der Waals surface area contributed by atoms with Crippen molar-refractivity contribution in [2.45, 2.75) is 17.7 Å². The third-order valence-electron chi connectivity index (χ3n) is 3.07. The first-order valence-corrected chi connectivity index (χ1v) is 7.85. The van der Waals surface area contributed by atoms with Crippen molar-refractivity contribution in [1.29, 1.82) is 0 Å². The van der Waals surface area contributed by atoms with E-state index in [1.54, 1.807) is 0 Å². The first-order chi connectivity index (χ1) is 10.1. The molecule has 21 heavy (non-hydrogen) atoms. The van der Waals surface area contributed by atoms with Gasteiger partial charge in [-0.15, -0.1) is 0 Å². The fourth-order valence-corrected chi connectivity index (χ4v) is 3.09. The van der Waals surface area contributed by atoms with Gasteiger partial charge in [0, 0.05) is 10.6 Å². The van der Waals surface area contributed by atoms with Crippen LogP contribution in [0.1, 0.15) is 22.3 Å². The van der Waals surface area contributed by atoms with Crippen LogP contribution in [-0.2, 0) is 17.2 Å². The van der Waals surface area contributed by atoms with Crippen molar-refractivity contribution in [2.24, 2.45) is 0 Å². The maximum Gasteiger partial charge on any atom is 0.338 e. The first-order valence-electron chi connectivity index (χ1n) is 6.53. The van der Waals surface area contributed by atoms with Gasteiger partial charge >= 0.3 is 5.97 Å². The van der Waals surface area contributed by atoms with E-state index in [0.29, 0.717) is 10.6 Å². The summed E-state index contributed by atoms with van der Waals surface area (Å²) in [5.41, 5.74) is 0.726. The lowest BCUT2D eigenvalue weighted by atomic mass is 10.1. The molecule has 1 N–H and O–H groups in total. The molecule has 0 saturated carbocycles. The van der Waals surface area contributed by atoms with Crippen LogP contribution in [0.5, 0.6) is 0 Å². The van der Waals surface area contributed by atoms with Crippen molar-refractivity contribution in [2.75, 3.05) is 5.75 Å². The normalized spacial score (nSPS) is 12.0. The Labute approximate surface area is 124 Å². The Morgan fingerprint density at radius 3 is 2.52 bits per heavy atom. The molecule has 0 aliphatic heterocycles. The molecule has 0 amide bonds. The number of hydrogen-bond acceptors (Lipinski definition) is 2. The summed E-state index contributed by atoms with van der Waals surface area (Å²) in [6.45, 7) is 0. The zero-order valence-electron chi connectivity index (χ0n) is 11.3. The Bertz CT molecular complexity index is 656. The number of aromatic carboxylic acids is 1. The molecule has 1 atom stereocenters. The highest BCUT2D eigenvalue weighted by Crippen LogP contribution is 2.15. The smallest absolute Gasteiger partial charge is 0.338 e. The predicted octanol–water partition coefficient (Wildman–Crippen LogP) is 3.26. The third kappa shape index (κ3) is 4.23. The van der Waals surface area contributed by atoms with Crippen molar-refractivity contribution >= 4 is 16.8 Å². The molecule has 5 heteroatoms. The quantitative estimate of drug-likeness (QED) is 0.891. The predicted molar refractivity (Wildman–Crippen MR) is 79.4 cm³/mol. The van der Waals surface area contributed by atoms with Crippen LogP contribution in [0.3, 0.4) is 0 Å². The van der Waals surface area contributed by atoms with Gasteiger partial charge in [-0.3, -0.25) is 4.21 Å². The minimum absolute atomic E-state index is 0.349. The van der Waals surface area contributed by atoms with E-state index in [4.69, 9.17) is 5.11 Å². The molecule has 0 radical (unpaired) electrons. The minimum atomic E-state index is -1.35. The lowest BCUT2D eigenvalue weighted by molar-refractivity contribution is 0.0691. The van der Waals surface area contributed by atoms with Gasteiger partial charge in [0.15, 0.2) is 0 Å². The maximum atomic E-state index is 13.3. The van der Waals surface area contributed by atoms with Gasteiger partial charge in [-0.25, -0.2) is 9.18 Å². The van der Waals surface area contributed by atoms with Crippen LogP contribution in [0.2, 0.25) is 0 Å².